The Hall–Kier alpha value is -2.09. The van der Waals surface area contributed by atoms with Crippen molar-refractivity contribution in [1.82, 2.24) is 0 Å². The largest absolute Gasteiger partial charge is 0.484 e. The molecule has 1 aliphatic carbocycles. The number of ether oxygens (including phenoxy) is 1. The fourth-order valence-corrected chi connectivity index (χ4v) is 3.30. The van der Waals surface area contributed by atoms with Crippen molar-refractivity contribution in [2.45, 2.75) is 31.8 Å². The lowest BCUT2D eigenvalue weighted by molar-refractivity contribution is 0.0934. The van der Waals surface area contributed by atoms with Crippen molar-refractivity contribution >= 4 is 5.78 Å². The molecule has 0 aromatic heterocycles. The van der Waals surface area contributed by atoms with Crippen LogP contribution in [-0.4, -0.2) is 5.78 Å². The van der Waals surface area contributed by atoms with Gasteiger partial charge in [0.1, 0.15) is 11.9 Å². The normalized spacial score (nSPS) is 22.4. The van der Waals surface area contributed by atoms with Gasteiger partial charge >= 0.3 is 0 Å². The van der Waals surface area contributed by atoms with E-state index < -0.39 is 0 Å². The smallest absolute Gasteiger partial charge is 0.174 e. The van der Waals surface area contributed by atoms with E-state index >= 15 is 0 Å². The summed E-state index contributed by atoms with van der Waals surface area (Å²) in [4.78, 5) is 12.6. The van der Waals surface area contributed by atoms with E-state index in [0.717, 1.165) is 22.4 Å². The maximum absolute atomic E-state index is 12.6. The number of hydrogen-bond acceptors (Lipinski definition) is 2. The Morgan fingerprint density at radius 2 is 1.85 bits per heavy atom. The lowest BCUT2D eigenvalue weighted by atomic mass is 9.92. The van der Waals surface area contributed by atoms with Crippen LogP contribution in [0.4, 0.5) is 0 Å². The van der Waals surface area contributed by atoms with Gasteiger partial charge < -0.3 is 4.74 Å². The minimum atomic E-state index is -0.149. The standard InChI is InChI=1S/C18H16O2/c1-10(2)11-7-8-14-15(9-11)20-18-13-6-4-3-5-12(13)17(19)16(14)18/h3-10,16,18H,1-2H3. The molecule has 0 radical (unpaired) electrons. The van der Waals surface area contributed by atoms with Gasteiger partial charge in [-0.15, -0.1) is 0 Å². The molecule has 2 nitrogen and oxygen atoms in total. The summed E-state index contributed by atoms with van der Waals surface area (Å²) < 4.78 is 6.10. The first-order valence-electron chi connectivity index (χ1n) is 7.10. The van der Waals surface area contributed by atoms with Crippen molar-refractivity contribution in [2.75, 3.05) is 0 Å². The van der Waals surface area contributed by atoms with Gasteiger partial charge in [-0.3, -0.25) is 4.79 Å². The van der Waals surface area contributed by atoms with Gasteiger partial charge in [-0.05, 0) is 17.5 Å². The highest BCUT2D eigenvalue weighted by atomic mass is 16.5. The Morgan fingerprint density at radius 3 is 2.65 bits per heavy atom. The molecule has 0 bridgehead atoms. The van der Waals surface area contributed by atoms with Crippen LogP contribution in [0.5, 0.6) is 5.75 Å². The summed E-state index contributed by atoms with van der Waals surface area (Å²) in [5.41, 5.74) is 4.15. The molecule has 0 spiro atoms. The van der Waals surface area contributed by atoms with E-state index in [1.54, 1.807) is 0 Å². The number of ketones is 1. The maximum atomic E-state index is 12.6. The number of benzene rings is 2. The summed E-state index contributed by atoms with van der Waals surface area (Å²) in [5.74, 6) is 1.40. The van der Waals surface area contributed by atoms with Crippen molar-refractivity contribution < 1.29 is 9.53 Å². The lowest BCUT2D eigenvalue weighted by Crippen LogP contribution is -2.07. The predicted molar refractivity (Wildman–Crippen MR) is 77.4 cm³/mol. The minimum Gasteiger partial charge on any atom is -0.484 e. The average molecular weight is 264 g/mol. The molecule has 2 aliphatic rings. The lowest BCUT2D eigenvalue weighted by Gasteiger charge is -2.10. The predicted octanol–water partition coefficient (Wildman–Crippen LogP) is 4.22. The Kier molecular flexibility index (Phi) is 2.31. The van der Waals surface area contributed by atoms with Crippen LogP contribution in [0.3, 0.4) is 0 Å². The molecule has 2 aromatic rings. The van der Waals surface area contributed by atoms with E-state index in [0.29, 0.717) is 5.92 Å². The first-order valence-corrected chi connectivity index (χ1v) is 7.10. The first-order chi connectivity index (χ1) is 9.66. The molecule has 4 rings (SSSR count). The van der Waals surface area contributed by atoms with E-state index in [-0.39, 0.29) is 17.8 Å². The van der Waals surface area contributed by atoms with Gasteiger partial charge in [0.15, 0.2) is 5.78 Å². The molecule has 2 atom stereocenters. The van der Waals surface area contributed by atoms with Crippen molar-refractivity contribution in [1.29, 1.82) is 0 Å². The molecule has 0 N–H and O–H groups in total. The molecule has 1 aliphatic heterocycles. The van der Waals surface area contributed by atoms with E-state index in [9.17, 15) is 4.79 Å². The molecule has 2 aromatic carbocycles. The molecule has 1 heterocycles. The minimum absolute atomic E-state index is 0.129. The fraction of sp³-hybridized carbons (Fsp3) is 0.278. The summed E-state index contributed by atoms with van der Waals surface area (Å²) in [5, 5.41) is 0. The van der Waals surface area contributed by atoms with Crippen LogP contribution in [0, 0.1) is 0 Å². The molecule has 0 amide bonds. The molecule has 100 valence electrons. The zero-order valence-electron chi connectivity index (χ0n) is 11.6. The average Bonchev–Trinajstić information content (AvgIpc) is 2.95. The topological polar surface area (TPSA) is 26.3 Å². The summed E-state index contributed by atoms with van der Waals surface area (Å²) in [7, 11) is 0. The number of Topliss-reactive ketones (excluding diaryl/α,β-unsaturated/α-hetero) is 1. The molecule has 0 saturated carbocycles. The van der Waals surface area contributed by atoms with Crippen LogP contribution in [0.2, 0.25) is 0 Å². The second-order valence-electron chi connectivity index (χ2n) is 5.92. The summed E-state index contributed by atoms with van der Waals surface area (Å²) >= 11 is 0. The van der Waals surface area contributed by atoms with E-state index in [1.165, 1.54) is 5.56 Å². The van der Waals surface area contributed by atoms with Gasteiger partial charge in [0, 0.05) is 16.7 Å². The highest BCUT2D eigenvalue weighted by Crippen LogP contribution is 2.53. The Morgan fingerprint density at radius 1 is 1.05 bits per heavy atom. The van der Waals surface area contributed by atoms with Crippen LogP contribution >= 0.6 is 0 Å². The van der Waals surface area contributed by atoms with Crippen molar-refractivity contribution in [3.8, 4) is 5.75 Å². The second kappa shape index (κ2) is 3.95. The van der Waals surface area contributed by atoms with Gasteiger partial charge in [0.05, 0.1) is 5.92 Å². The Labute approximate surface area is 118 Å². The van der Waals surface area contributed by atoms with Crippen LogP contribution < -0.4 is 4.74 Å². The van der Waals surface area contributed by atoms with Gasteiger partial charge in [-0.1, -0.05) is 50.2 Å². The third-order valence-electron chi connectivity index (χ3n) is 4.41. The fourth-order valence-electron chi connectivity index (χ4n) is 3.30. The van der Waals surface area contributed by atoms with E-state index in [4.69, 9.17) is 4.74 Å². The SMILES string of the molecule is CC(C)c1ccc2c(c1)OC1c3ccccc3C(=O)C21. The summed E-state index contributed by atoms with van der Waals surface area (Å²) in [6.07, 6.45) is -0.129. The van der Waals surface area contributed by atoms with Gasteiger partial charge in [0.25, 0.3) is 0 Å². The van der Waals surface area contributed by atoms with Crippen molar-refractivity contribution in [3.05, 3.63) is 64.7 Å². The van der Waals surface area contributed by atoms with Crippen molar-refractivity contribution in [2.24, 2.45) is 0 Å². The highest BCUT2D eigenvalue weighted by Gasteiger charge is 2.47. The molecular weight excluding hydrogens is 248 g/mol. The first kappa shape index (κ1) is 11.7. The Bertz CT molecular complexity index is 715. The van der Waals surface area contributed by atoms with Crippen LogP contribution in [-0.2, 0) is 0 Å². The zero-order chi connectivity index (χ0) is 13.9. The molecule has 20 heavy (non-hydrogen) atoms. The number of carbonyl (C=O) groups excluding carboxylic acids is 1. The van der Waals surface area contributed by atoms with Gasteiger partial charge in [-0.2, -0.15) is 0 Å². The van der Waals surface area contributed by atoms with E-state index in [2.05, 4.69) is 32.0 Å². The van der Waals surface area contributed by atoms with Crippen molar-refractivity contribution in [3.63, 3.8) is 0 Å². The van der Waals surface area contributed by atoms with Gasteiger partial charge in [0.2, 0.25) is 0 Å². The maximum Gasteiger partial charge on any atom is 0.174 e. The quantitative estimate of drug-likeness (QED) is 0.770. The zero-order valence-corrected chi connectivity index (χ0v) is 11.6. The van der Waals surface area contributed by atoms with Crippen LogP contribution in [0.1, 0.15) is 58.8 Å². The molecular formula is C18H16O2. The van der Waals surface area contributed by atoms with Crippen LogP contribution in [0.15, 0.2) is 42.5 Å². The van der Waals surface area contributed by atoms with Gasteiger partial charge in [-0.25, -0.2) is 0 Å². The van der Waals surface area contributed by atoms with E-state index in [1.807, 2.05) is 24.3 Å². The summed E-state index contributed by atoms with van der Waals surface area (Å²) in [6.45, 7) is 4.33. The van der Waals surface area contributed by atoms with Crippen LogP contribution in [0.25, 0.3) is 0 Å². The number of hydrogen-bond donors (Lipinski definition) is 0. The third kappa shape index (κ3) is 1.42. The summed E-state index contributed by atoms with van der Waals surface area (Å²) in [6, 6.07) is 14.1. The number of rotatable bonds is 1. The highest BCUT2D eigenvalue weighted by molar-refractivity contribution is 6.07. The molecule has 2 unspecified atom stereocenters. The second-order valence-corrected chi connectivity index (χ2v) is 5.92. The molecule has 2 heteroatoms. The molecule has 0 fully saturated rings. The monoisotopic (exact) mass is 264 g/mol. The number of fused-ring (bicyclic) bond motifs is 5. The molecule has 0 saturated heterocycles. The number of carbonyl (C=O) groups is 1. The Balaban J connectivity index is 1.83. The third-order valence-corrected chi connectivity index (χ3v) is 4.41.